The Morgan fingerprint density at radius 3 is 2.35 bits per heavy atom. The Labute approximate surface area is 104 Å². The quantitative estimate of drug-likeness (QED) is 0.428. The predicted octanol–water partition coefficient (Wildman–Crippen LogP) is 0.887. The lowest BCUT2D eigenvalue weighted by Gasteiger charge is -2.07. The van der Waals surface area contributed by atoms with Gasteiger partial charge in [-0.2, -0.15) is 5.26 Å². The van der Waals surface area contributed by atoms with Crippen molar-refractivity contribution in [2.45, 2.75) is 20.3 Å². The van der Waals surface area contributed by atoms with Crippen LogP contribution >= 0.6 is 11.8 Å². The lowest BCUT2D eigenvalue weighted by Crippen LogP contribution is -2.16. The number of rotatable bonds is 6. The fourth-order valence-electron chi connectivity index (χ4n) is 0.928. The molecule has 0 bridgehead atoms. The summed E-state index contributed by atoms with van der Waals surface area (Å²) in [5.41, 5.74) is 5.55. The molecule has 0 aliphatic carbocycles. The molecule has 0 aliphatic heterocycles. The van der Waals surface area contributed by atoms with E-state index in [0.717, 1.165) is 0 Å². The minimum atomic E-state index is -0.708. The molecule has 0 unspecified atom stereocenters. The second kappa shape index (κ2) is 8.47. The molecule has 0 saturated heterocycles. The number of esters is 2. The maximum Gasteiger partial charge on any atom is 0.347 e. The third-order valence-electron chi connectivity index (χ3n) is 1.54. The van der Waals surface area contributed by atoms with Crippen molar-refractivity contribution in [1.82, 2.24) is 0 Å². The Kier molecular flexibility index (Phi) is 7.63. The first-order chi connectivity index (χ1) is 8.06. The molecular formula is C10H14N2O4S. The number of carbonyl (C=O) groups is 2. The van der Waals surface area contributed by atoms with Crippen LogP contribution < -0.4 is 5.73 Å². The van der Waals surface area contributed by atoms with Crippen LogP contribution in [0.25, 0.3) is 0 Å². The van der Waals surface area contributed by atoms with Gasteiger partial charge in [-0.05, 0) is 25.6 Å². The van der Waals surface area contributed by atoms with Crippen LogP contribution in [0, 0.1) is 10.7 Å². The zero-order valence-corrected chi connectivity index (χ0v) is 10.5. The van der Waals surface area contributed by atoms with Gasteiger partial charge in [-0.1, -0.05) is 0 Å². The lowest BCUT2D eigenvalue weighted by atomic mass is 10.3. The van der Waals surface area contributed by atoms with Crippen molar-refractivity contribution >= 4 is 23.7 Å². The maximum absolute atomic E-state index is 11.4. The molecule has 0 saturated carbocycles. The van der Waals surface area contributed by atoms with E-state index < -0.39 is 11.9 Å². The second-order valence-corrected chi connectivity index (χ2v) is 3.54. The molecule has 0 radical (unpaired) electrons. The maximum atomic E-state index is 11.4. The first-order valence-electron chi connectivity index (χ1n) is 4.94. The van der Waals surface area contributed by atoms with Crippen LogP contribution in [0.5, 0.6) is 0 Å². The lowest BCUT2D eigenvalue weighted by molar-refractivity contribution is -0.142. The number of carbonyl (C=O) groups excluding carboxylic acids is 2. The fraction of sp³-hybridized carbons (Fsp3) is 0.500. The summed E-state index contributed by atoms with van der Waals surface area (Å²) >= 11 is 0.570. The van der Waals surface area contributed by atoms with Gasteiger partial charge in [0.15, 0.2) is 0 Å². The molecule has 0 aromatic carbocycles. The van der Waals surface area contributed by atoms with Crippen LogP contribution in [0.2, 0.25) is 0 Å². The molecule has 0 spiro atoms. The standard InChI is InChI=1S/C10H14N2O4S/c1-3-15-8(13)5-7(12)9(17-6-11)10(14)16-4-2/h3-5,12H2,1-2H3/b9-7+. The van der Waals surface area contributed by atoms with Crippen LogP contribution in [0.4, 0.5) is 0 Å². The smallest absolute Gasteiger partial charge is 0.347 e. The first kappa shape index (κ1) is 15.3. The van der Waals surface area contributed by atoms with Crippen molar-refractivity contribution in [3.05, 3.63) is 10.6 Å². The summed E-state index contributed by atoms with van der Waals surface area (Å²) in [6.45, 7) is 3.69. The third-order valence-corrected chi connectivity index (χ3v) is 2.26. The van der Waals surface area contributed by atoms with E-state index in [0.29, 0.717) is 11.8 Å². The van der Waals surface area contributed by atoms with Crippen molar-refractivity contribution in [2.24, 2.45) is 5.73 Å². The molecule has 0 rings (SSSR count). The molecule has 0 aromatic heterocycles. The summed E-state index contributed by atoms with van der Waals surface area (Å²) in [7, 11) is 0. The van der Waals surface area contributed by atoms with Gasteiger partial charge in [0.2, 0.25) is 0 Å². The second-order valence-electron chi connectivity index (χ2n) is 2.75. The van der Waals surface area contributed by atoms with Crippen molar-refractivity contribution in [3.8, 4) is 5.40 Å². The van der Waals surface area contributed by atoms with E-state index in [1.165, 1.54) is 0 Å². The summed E-state index contributed by atoms with van der Waals surface area (Å²) in [6, 6.07) is 0. The third kappa shape index (κ3) is 5.82. The van der Waals surface area contributed by atoms with Crippen LogP contribution in [0.1, 0.15) is 20.3 Å². The Bertz CT molecular complexity index is 360. The van der Waals surface area contributed by atoms with Crippen LogP contribution in [0.15, 0.2) is 10.6 Å². The highest BCUT2D eigenvalue weighted by Gasteiger charge is 2.18. The topological polar surface area (TPSA) is 102 Å². The minimum absolute atomic E-state index is 0.0200. The van der Waals surface area contributed by atoms with Gasteiger partial charge in [0.05, 0.1) is 19.6 Å². The van der Waals surface area contributed by atoms with Gasteiger partial charge < -0.3 is 15.2 Å². The molecule has 94 valence electrons. The van der Waals surface area contributed by atoms with Crippen molar-refractivity contribution < 1.29 is 19.1 Å². The molecule has 0 amide bonds. The van der Waals surface area contributed by atoms with E-state index in [1.54, 1.807) is 19.2 Å². The fourth-order valence-corrected chi connectivity index (χ4v) is 1.37. The van der Waals surface area contributed by atoms with E-state index in [-0.39, 0.29) is 30.2 Å². The van der Waals surface area contributed by atoms with Gasteiger partial charge in [-0.3, -0.25) is 4.79 Å². The van der Waals surface area contributed by atoms with Gasteiger partial charge in [0.1, 0.15) is 10.3 Å². The van der Waals surface area contributed by atoms with E-state index in [9.17, 15) is 9.59 Å². The van der Waals surface area contributed by atoms with Gasteiger partial charge in [-0.25, -0.2) is 4.79 Å². The van der Waals surface area contributed by atoms with Gasteiger partial charge in [0, 0.05) is 5.70 Å². The molecular weight excluding hydrogens is 244 g/mol. The molecule has 0 heterocycles. The zero-order valence-electron chi connectivity index (χ0n) is 9.69. The Hall–Kier alpha value is -1.68. The molecule has 0 atom stereocenters. The SMILES string of the molecule is CCOC(=O)C/C(N)=C(\SC#N)C(=O)OCC. The van der Waals surface area contributed by atoms with E-state index >= 15 is 0 Å². The summed E-state index contributed by atoms with van der Waals surface area (Å²) in [5, 5.41) is 10.3. The number of nitrogens with zero attached hydrogens (tertiary/aromatic N) is 1. The van der Waals surface area contributed by atoms with Crippen LogP contribution in [-0.2, 0) is 19.1 Å². The molecule has 0 fully saturated rings. The molecule has 0 aliphatic rings. The van der Waals surface area contributed by atoms with E-state index in [2.05, 4.69) is 4.74 Å². The molecule has 0 aromatic rings. The highest BCUT2D eigenvalue weighted by atomic mass is 32.2. The molecule has 2 N–H and O–H groups in total. The number of nitrogens with two attached hydrogens (primary N) is 1. The molecule has 17 heavy (non-hydrogen) atoms. The van der Waals surface area contributed by atoms with E-state index in [4.69, 9.17) is 15.7 Å². The Morgan fingerprint density at radius 1 is 1.29 bits per heavy atom. The summed E-state index contributed by atoms with van der Waals surface area (Å²) in [6.07, 6.45) is -0.239. The Morgan fingerprint density at radius 2 is 1.88 bits per heavy atom. The highest BCUT2D eigenvalue weighted by Crippen LogP contribution is 2.20. The molecule has 6 nitrogen and oxygen atoms in total. The molecule has 7 heteroatoms. The number of nitriles is 1. The average Bonchev–Trinajstić information content (AvgIpc) is 2.26. The minimum Gasteiger partial charge on any atom is -0.466 e. The summed E-state index contributed by atoms with van der Waals surface area (Å²) in [4.78, 5) is 22.5. The van der Waals surface area contributed by atoms with E-state index in [1.807, 2.05) is 0 Å². The van der Waals surface area contributed by atoms with Crippen molar-refractivity contribution in [1.29, 1.82) is 5.26 Å². The first-order valence-corrected chi connectivity index (χ1v) is 5.75. The number of thiocyanates is 1. The van der Waals surface area contributed by atoms with Crippen LogP contribution in [0.3, 0.4) is 0 Å². The van der Waals surface area contributed by atoms with Crippen molar-refractivity contribution in [3.63, 3.8) is 0 Å². The average molecular weight is 258 g/mol. The number of hydrogen-bond acceptors (Lipinski definition) is 7. The number of thioether (sulfide) groups is 1. The predicted molar refractivity (Wildman–Crippen MR) is 62.3 cm³/mol. The summed E-state index contributed by atoms with van der Waals surface area (Å²) < 4.78 is 9.40. The van der Waals surface area contributed by atoms with Gasteiger partial charge in [-0.15, -0.1) is 0 Å². The highest BCUT2D eigenvalue weighted by molar-refractivity contribution is 8.08. The largest absolute Gasteiger partial charge is 0.466 e. The van der Waals surface area contributed by atoms with Gasteiger partial charge in [0.25, 0.3) is 0 Å². The Balaban J connectivity index is 4.80. The van der Waals surface area contributed by atoms with Gasteiger partial charge >= 0.3 is 11.9 Å². The number of hydrogen-bond donors (Lipinski definition) is 1. The zero-order chi connectivity index (χ0) is 13.3. The number of ether oxygens (including phenoxy) is 2. The van der Waals surface area contributed by atoms with Crippen LogP contribution in [-0.4, -0.2) is 25.2 Å². The summed E-state index contributed by atoms with van der Waals surface area (Å²) in [5.74, 6) is -1.26. The monoisotopic (exact) mass is 258 g/mol. The van der Waals surface area contributed by atoms with Crippen molar-refractivity contribution in [2.75, 3.05) is 13.2 Å². The normalized spacial score (nSPS) is 11.1.